The Morgan fingerprint density at radius 2 is 2.05 bits per heavy atom. The lowest BCUT2D eigenvalue weighted by Gasteiger charge is -2.25. The van der Waals surface area contributed by atoms with Gasteiger partial charge in [0.25, 0.3) is 0 Å². The maximum absolute atomic E-state index is 11.8. The molecule has 0 aliphatic carbocycles. The first-order chi connectivity index (χ1) is 9.31. The number of carbonyl (C=O) groups is 1. The average Bonchev–Trinajstić information content (AvgIpc) is 2.40. The molecule has 0 saturated carbocycles. The van der Waals surface area contributed by atoms with Gasteiger partial charge in [-0.2, -0.15) is 0 Å². The molecule has 20 heavy (non-hydrogen) atoms. The third-order valence-electron chi connectivity index (χ3n) is 2.87. The molecule has 0 spiro atoms. The molecule has 1 rings (SSSR count). The van der Waals surface area contributed by atoms with E-state index in [-0.39, 0.29) is 0 Å². The van der Waals surface area contributed by atoms with E-state index < -0.39 is 11.6 Å². The molecule has 0 atom stereocenters. The summed E-state index contributed by atoms with van der Waals surface area (Å²) in [5.74, 6) is 0.189. The van der Waals surface area contributed by atoms with E-state index in [1.807, 2.05) is 13.0 Å². The predicted octanol–water partition coefficient (Wildman–Crippen LogP) is 2.91. The van der Waals surface area contributed by atoms with Gasteiger partial charge in [-0.15, -0.1) is 0 Å². The molecule has 5 heteroatoms. The normalized spacial score (nSPS) is 12.2. The summed E-state index contributed by atoms with van der Waals surface area (Å²) < 4.78 is 10.7. The van der Waals surface area contributed by atoms with Crippen molar-refractivity contribution in [2.24, 2.45) is 5.16 Å². The van der Waals surface area contributed by atoms with Crippen molar-refractivity contribution < 1.29 is 19.5 Å². The molecule has 0 aliphatic rings. The molecule has 1 aromatic carbocycles. The largest absolute Gasteiger partial charge is 0.476 e. The maximum atomic E-state index is 11.8. The lowest BCUT2D eigenvalue weighted by molar-refractivity contribution is -0.158. The highest BCUT2D eigenvalue weighted by Crippen LogP contribution is 2.25. The second-order valence-corrected chi connectivity index (χ2v) is 5.00. The number of hydrogen-bond donors (Lipinski definition) is 1. The van der Waals surface area contributed by atoms with Gasteiger partial charge in [0, 0.05) is 0 Å². The molecule has 0 heterocycles. The third-order valence-corrected chi connectivity index (χ3v) is 2.87. The van der Waals surface area contributed by atoms with Crippen molar-refractivity contribution in [1.29, 1.82) is 0 Å². The Bertz CT molecular complexity index is 521. The SMILES string of the molecule is CCOC(=O)C(C)(C)Oc1ccc(/C(C)=N/O)cc1C. The van der Waals surface area contributed by atoms with Crippen molar-refractivity contribution in [2.75, 3.05) is 6.61 Å². The summed E-state index contributed by atoms with van der Waals surface area (Å²) in [4.78, 5) is 11.8. The minimum atomic E-state index is -1.05. The van der Waals surface area contributed by atoms with Crippen LogP contribution in [0.25, 0.3) is 0 Å². The van der Waals surface area contributed by atoms with E-state index in [2.05, 4.69) is 5.16 Å². The molecule has 0 unspecified atom stereocenters. The quantitative estimate of drug-likeness (QED) is 0.389. The van der Waals surface area contributed by atoms with Crippen molar-refractivity contribution in [2.45, 2.75) is 40.2 Å². The van der Waals surface area contributed by atoms with E-state index >= 15 is 0 Å². The smallest absolute Gasteiger partial charge is 0.349 e. The van der Waals surface area contributed by atoms with Crippen molar-refractivity contribution in [3.63, 3.8) is 0 Å². The molecule has 5 nitrogen and oxygen atoms in total. The molecule has 0 radical (unpaired) electrons. The van der Waals surface area contributed by atoms with Gasteiger partial charge in [-0.25, -0.2) is 4.79 Å². The highest BCUT2D eigenvalue weighted by atomic mass is 16.6. The van der Waals surface area contributed by atoms with Crippen molar-refractivity contribution in [3.05, 3.63) is 29.3 Å². The highest BCUT2D eigenvalue weighted by molar-refractivity contribution is 5.98. The molecule has 0 amide bonds. The van der Waals surface area contributed by atoms with Gasteiger partial charge in [-0.05, 0) is 63.9 Å². The summed E-state index contributed by atoms with van der Waals surface area (Å²) in [6.45, 7) is 8.97. The zero-order chi connectivity index (χ0) is 15.3. The zero-order valence-corrected chi connectivity index (χ0v) is 12.6. The summed E-state index contributed by atoms with van der Waals surface area (Å²) in [5.41, 5.74) is 1.11. The van der Waals surface area contributed by atoms with Gasteiger partial charge in [0.2, 0.25) is 0 Å². The number of benzene rings is 1. The van der Waals surface area contributed by atoms with Crippen LogP contribution in [0.15, 0.2) is 23.4 Å². The standard InChI is InChI=1S/C15H21NO4/c1-6-19-14(17)15(4,5)20-13-8-7-12(9-10(13)2)11(3)16-18/h7-9,18H,6H2,1-5H3/b16-11+. The summed E-state index contributed by atoms with van der Waals surface area (Å²) in [5, 5.41) is 11.9. The minimum absolute atomic E-state index is 0.315. The number of carbonyl (C=O) groups excluding carboxylic acids is 1. The van der Waals surface area contributed by atoms with E-state index in [4.69, 9.17) is 14.7 Å². The Morgan fingerprint density at radius 3 is 2.55 bits per heavy atom. The number of aryl methyl sites for hydroxylation is 1. The van der Waals surface area contributed by atoms with Crippen LogP contribution < -0.4 is 4.74 Å². The topological polar surface area (TPSA) is 68.1 Å². The van der Waals surface area contributed by atoms with Gasteiger partial charge in [0.15, 0.2) is 5.60 Å². The Balaban J connectivity index is 2.96. The fraction of sp³-hybridized carbons (Fsp3) is 0.467. The first-order valence-electron chi connectivity index (χ1n) is 6.47. The Morgan fingerprint density at radius 1 is 1.40 bits per heavy atom. The second kappa shape index (κ2) is 6.41. The number of rotatable bonds is 5. The van der Waals surface area contributed by atoms with E-state index in [9.17, 15) is 4.79 Å². The summed E-state index contributed by atoms with van der Waals surface area (Å²) >= 11 is 0. The van der Waals surface area contributed by atoms with E-state index in [0.29, 0.717) is 18.1 Å². The van der Waals surface area contributed by atoms with Crippen LogP contribution in [0.5, 0.6) is 5.75 Å². The van der Waals surface area contributed by atoms with E-state index in [0.717, 1.165) is 11.1 Å². The lowest BCUT2D eigenvalue weighted by atomic mass is 10.1. The molecular weight excluding hydrogens is 258 g/mol. The number of esters is 1. The van der Waals surface area contributed by atoms with E-state index in [1.54, 1.807) is 39.8 Å². The van der Waals surface area contributed by atoms with Gasteiger partial charge in [0.05, 0.1) is 12.3 Å². The molecule has 110 valence electrons. The number of ether oxygens (including phenoxy) is 2. The van der Waals surface area contributed by atoms with Crippen LogP contribution in [0.3, 0.4) is 0 Å². The molecule has 0 fully saturated rings. The van der Waals surface area contributed by atoms with Crippen LogP contribution in [-0.2, 0) is 9.53 Å². The molecule has 0 bridgehead atoms. The van der Waals surface area contributed by atoms with Crippen LogP contribution in [0, 0.1) is 6.92 Å². The highest BCUT2D eigenvalue weighted by Gasteiger charge is 2.32. The molecular formula is C15H21NO4. The molecule has 1 aromatic rings. The summed E-state index contributed by atoms with van der Waals surface area (Å²) in [7, 11) is 0. The van der Waals surface area contributed by atoms with Gasteiger partial charge in [-0.3, -0.25) is 0 Å². The van der Waals surface area contributed by atoms with Crippen molar-refractivity contribution in [1.82, 2.24) is 0 Å². The summed E-state index contributed by atoms with van der Waals surface area (Å²) in [6, 6.07) is 5.37. The summed E-state index contributed by atoms with van der Waals surface area (Å²) in [6.07, 6.45) is 0. The van der Waals surface area contributed by atoms with Crippen LogP contribution in [0.2, 0.25) is 0 Å². The Kier molecular flexibility index (Phi) is 5.13. The fourth-order valence-electron chi connectivity index (χ4n) is 1.67. The van der Waals surface area contributed by atoms with Gasteiger partial charge in [0.1, 0.15) is 5.75 Å². The number of oxime groups is 1. The van der Waals surface area contributed by atoms with Crippen LogP contribution >= 0.6 is 0 Å². The van der Waals surface area contributed by atoms with Crippen LogP contribution in [0.1, 0.15) is 38.8 Å². The van der Waals surface area contributed by atoms with Gasteiger partial charge >= 0.3 is 5.97 Å². The fourth-order valence-corrected chi connectivity index (χ4v) is 1.67. The lowest BCUT2D eigenvalue weighted by Crippen LogP contribution is -2.39. The Labute approximate surface area is 119 Å². The van der Waals surface area contributed by atoms with Crippen LogP contribution in [-0.4, -0.2) is 29.1 Å². The molecule has 0 saturated heterocycles. The average molecular weight is 279 g/mol. The molecule has 0 aliphatic heterocycles. The van der Waals surface area contributed by atoms with Crippen LogP contribution in [0.4, 0.5) is 0 Å². The third kappa shape index (κ3) is 3.73. The van der Waals surface area contributed by atoms with Crippen molar-refractivity contribution in [3.8, 4) is 5.75 Å². The first kappa shape index (κ1) is 16.0. The second-order valence-electron chi connectivity index (χ2n) is 5.00. The maximum Gasteiger partial charge on any atom is 0.349 e. The zero-order valence-electron chi connectivity index (χ0n) is 12.6. The first-order valence-corrected chi connectivity index (χ1v) is 6.47. The minimum Gasteiger partial charge on any atom is -0.476 e. The monoisotopic (exact) mass is 279 g/mol. The number of hydrogen-bond acceptors (Lipinski definition) is 5. The Hall–Kier alpha value is -2.04. The number of nitrogens with zero attached hydrogens (tertiary/aromatic N) is 1. The molecule has 1 N–H and O–H groups in total. The van der Waals surface area contributed by atoms with Crippen molar-refractivity contribution >= 4 is 11.7 Å². The predicted molar refractivity (Wildman–Crippen MR) is 76.5 cm³/mol. The van der Waals surface area contributed by atoms with E-state index in [1.165, 1.54) is 0 Å². The van der Waals surface area contributed by atoms with Gasteiger partial charge in [-0.1, -0.05) is 5.16 Å². The molecule has 0 aromatic heterocycles. The van der Waals surface area contributed by atoms with Gasteiger partial charge < -0.3 is 14.7 Å².